The van der Waals surface area contributed by atoms with Gasteiger partial charge in [0, 0.05) is 9.11 Å². The first-order valence-electron chi connectivity index (χ1n) is 5.79. The molecule has 0 bridgehead atoms. The molecule has 0 aromatic rings. The Morgan fingerprint density at radius 3 is 2.67 bits per heavy atom. The number of carbonyl (C=O) groups excluding carboxylic acids is 3. The lowest BCUT2D eigenvalue weighted by atomic mass is 10.1. The van der Waals surface area contributed by atoms with Gasteiger partial charge in [0.15, 0.2) is 0 Å². The molecule has 0 aliphatic heterocycles. The summed E-state index contributed by atoms with van der Waals surface area (Å²) in [5.41, 5.74) is 0. The molecule has 0 unspecified atom stereocenters. The predicted octanol–water partition coefficient (Wildman–Crippen LogP) is 0.488. The van der Waals surface area contributed by atoms with E-state index in [1.807, 2.05) is 0 Å². The van der Waals surface area contributed by atoms with E-state index in [0.717, 1.165) is 0 Å². The molecular weight excluding hydrogens is 160 g/mol. The number of hydrogen-bond acceptors (Lipinski definition) is 4. The summed E-state index contributed by atoms with van der Waals surface area (Å²) < 4.78 is 37.9. The summed E-state index contributed by atoms with van der Waals surface area (Å²) >= 11 is 0. The maximum absolute atomic E-state index is 11.2. The highest BCUT2D eigenvalue weighted by molar-refractivity contribution is 6.37. The highest BCUT2D eigenvalue weighted by Crippen LogP contribution is 1.96. The lowest BCUT2D eigenvalue weighted by Gasteiger charge is -1.96. The van der Waals surface area contributed by atoms with Crippen LogP contribution in [-0.4, -0.2) is 24.6 Å². The average Bonchev–Trinajstić information content (AvgIpc) is 2.14. The number of ether oxygens (including phenoxy) is 1. The summed E-state index contributed by atoms with van der Waals surface area (Å²) in [5.74, 6) is -4.11. The van der Waals surface area contributed by atoms with Gasteiger partial charge in [-0.05, 0) is 6.42 Å². The molecule has 0 saturated carbocycles. The van der Waals surface area contributed by atoms with Crippen LogP contribution in [0.2, 0.25) is 0 Å². The molecule has 0 fully saturated rings. The first-order chi connectivity index (χ1) is 7.49. The minimum absolute atomic E-state index is 0.145. The van der Waals surface area contributed by atoms with Gasteiger partial charge in [-0.2, -0.15) is 0 Å². The van der Waals surface area contributed by atoms with Crippen molar-refractivity contribution in [3.05, 3.63) is 0 Å². The van der Waals surface area contributed by atoms with E-state index in [1.165, 1.54) is 6.92 Å². The van der Waals surface area contributed by atoms with Crippen molar-refractivity contribution in [2.75, 3.05) is 7.04 Å². The number of Topliss-reactive ketones (excluding diaryl/α,β-unsaturated/α-hetero) is 2. The van der Waals surface area contributed by atoms with Gasteiger partial charge in [-0.15, -0.1) is 0 Å². The molecule has 4 heteroatoms. The normalized spacial score (nSPS) is 17.6. The molecule has 68 valence electrons. The van der Waals surface area contributed by atoms with Crippen LogP contribution < -0.4 is 0 Å². The van der Waals surface area contributed by atoms with Crippen molar-refractivity contribution in [2.24, 2.45) is 0 Å². The highest BCUT2D eigenvalue weighted by Gasteiger charge is 2.16. The van der Waals surface area contributed by atoms with Crippen molar-refractivity contribution in [2.45, 2.75) is 26.1 Å². The molecule has 0 aromatic heterocycles. The molecule has 0 aliphatic carbocycles. The van der Waals surface area contributed by atoms with Crippen molar-refractivity contribution >= 4 is 17.5 Å². The minimum atomic E-state index is -3.06. The second-order valence-corrected chi connectivity index (χ2v) is 1.94. The Morgan fingerprint density at radius 1 is 1.50 bits per heavy atom. The van der Waals surface area contributed by atoms with Gasteiger partial charge in [-0.3, -0.25) is 9.59 Å². The maximum Gasteiger partial charge on any atom is 0.374 e. The van der Waals surface area contributed by atoms with E-state index in [9.17, 15) is 14.4 Å². The van der Waals surface area contributed by atoms with Gasteiger partial charge >= 0.3 is 5.97 Å². The Hall–Kier alpha value is -1.19. The number of carbonyl (C=O) groups is 3. The Labute approximate surface area is 77.9 Å². The molecule has 0 N–H and O–H groups in total. The molecule has 0 amide bonds. The van der Waals surface area contributed by atoms with Crippen LogP contribution in [0.4, 0.5) is 0 Å². The summed E-state index contributed by atoms with van der Waals surface area (Å²) in [6, 6.07) is 0. The summed E-state index contributed by atoms with van der Waals surface area (Å²) in [5, 5.41) is 0. The molecule has 0 aromatic carbocycles. The summed E-state index contributed by atoms with van der Waals surface area (Å²) in [4.78, 5) is 33.2. The van der Waals surface area contributed by atoms with Crippen LogP contribution in [0.1, 0.15) is 33.0 Å². The van der Waals surface area contributed by atoms with Crippen molar-refractivity contribution in [1.82, 2.24) is 0 Å². The van der Waals surface area contributed by atoms with Crippen LogP contribution in [0.3, 0.4) is 0 Å². The van der Waals surface area contributed by atoms with Crippen LogP contribution in [0.5, 0.6) is 0 Å². The van der Waals surface area contributed by atoms with Gasteiger partial charge in [0.05, 0.1) is 17.6 Å². The Balaban J connectivity index is 4.47. The van der Waals surface area contributed by atoms with Gasteiger partial charge in [-0.25, -0.2) is 4.79 Å². The Kier molecular flexibility index (Phi) is 2.16. The molecule has 12 heavy (non-hydrogen) atoms. The van der Waals surface area contributed by atoms with E-state index in [4.69, 9.17) is 6.85 Å². The fourth-order valence-electron chi connectivity index (χ4n) is 0.535. The molecule has 0 aliphatic rings. The van der Waals surface area contributed by atoms with Crippen LogP contribution in [0.25, 0.3) is 0 Å². The van der Waals surface area contributed by atoms with Crippen LogP contribution in [-0.2, 0) is 19.1 Å². The minimum Gasteiger partial charge on any atom is -0.463 e. The third-order valence-electron chi connectivity index (χ3n) is 1.02. The van der Waals surface area contributed by atoms with Crippen LogP contribution in [0, 0.1) is 0 Å². The van der Waals surface area contributed by atoms with Crippen molar-refractivity contribution in [3.63, 3.8) is 0 Å². The predicted molar refractivity (Wildman–Crippen MR) is 41.6 cm³/mol. The first-order valence-corrected chi connectivity index (χ1v) is 3.29. The molecule has 0 spiro atoms. The van der Waals surface area contributed by atoms with Crippen molar-refractivity contribution < 1.29 is 26.0 Å². The van der Waals surface area contributed by atoms with Crippen molar-refractivity contribution in [3.8, 4) is 0 Å². The lowest BCUT2D eigenvalue weighted by Crippen LogP contribution is -2.18. The molecule has 0 atom stereocenters. The first kappa shape index (κ1) is 4.74. The van der Waals surface area contributed by atoms with E-state index in [2.05, 4.69) is 4.74 Å². The summed E-state index contributed by atoms with van der Waals surface area (Å²) in [6.45, 7) is 1.41. The quantitative estimate of drug-likeness (QED) is 0.348. The largest absolute Gasteiger partial charge is 0.463 e. The maximum atomic E-state index is 11.2. The average molecular weight is 177 g/mol. The zero-order valence-corrected chi connectivity index (χ0v) is 6.55. The summed E-state index contributed by atoms with van der Waals surface area (Å²) in [7, 11) is -3.06. The van der Waals surface area contributed by atoms with E-state index >= 15 is 0 Å². The van der Waals surface area contributed by atoms with Crippen molar-refractivity contribution in [1.29, 1.82) is 0 Å². The zero-order valence-electron chi connectivity index (χ0n) is 11.5. The number of methoxy groups -OCH3 is 1. The number of ketones is 2. The SMILES string of the molecule is [2H]C([2H])([2H])OC(=O)C(=O)CC(=O)C([2H])([2H])CC. The van der Waals surface area contributed by atoms with E-state index in [-0.39, 0.29) is 6.42 Å². The van der Waals surface area contributed by atoms with Gasteiger partial charge < -0.3 is 4.74 Å². The second kappa shape index (κ2) is 5.46. The standard InChI is InChI=1S/C8H12O4/c1-3-4-6(9)5-7(10)8(11)12-2/h3-5H2,1-2H3/i2D3,4D2. The number of rotatable bonds is 5. The van der Waals surface area contributed by atoms with E-state index < -0.39 is 37.4 Å². The third-order valence-corrected chi connectivity index (χ3v) is 1.02. The Morgan fingerprint density at radius 2 is 2.17 bits per heavy atom. The number of esters is 1. The monoisotopic (exact) mass is 177 g/mol. The molecule has 0 saturated heterocycles. The highest BCUT2D eigenvalue weighted by atomic mass is 16.5. The van der Waals surface area contributed by atoms with E-state index in [0.29, 0.717) is 0 Å². The fraction of sp³-hybridized carbons (Fsp3) is 0.625. The van der Waals surface area contributed by atoms with Crippen LogP contribution >= 0.6 is 0 Å². The van der Waals surface area contributed by atoms with Gasteiger partial charge in [0.2, 0.25) is 5.78 Å². The molecule has 0 rings (SSSR count). The van der Waals surface area contributed by atoms with Gasteiger partial charge in [0.25, 0.3) is 0 Å². The third kappa shape index (κ3) is 3.85. The zero-order chi connectivity index (χ0) is 13.9. The topological polar surface area (TPSA) is 60.4 Å². The second-order valence-electron chi connectivity index (χ2n) is 1.94. The lowest BCUT2D eigenvalue weighted by molar-refractivity contribution is -0.152. The van der Waals surface area contributed by atoms with Gasteiger partial charge in [-0.1, -0.05) is 6.92 Å². The summed E-state index contributed by atoms with van der Waals surface area (Å²) in [6.07, 6.45) is -3.36. The Bertz CT molecular complexity index is 333. The fourth-order valence-corrected chi connectivity index (χ4v) is 0.535. The molecule has 0 heterocycles. The smallest absolute Gasteiger partial charge is 0.374 e. The molecule has 4 nitrogen and oxygen atoms in total. The van der Waals surface area contributed by atoms with Crippen LogP contribution in [0.15, 0.2) is 0 Å². The molecular formula is C8H12O4. The number of hydrogen-bond donors (Lipinski definition) is 0. The molecule has 0 radical (unpaired) electrons. The van der Waals surface area contributed by atoms with E-state index in [1.54, 1.807) is 0 Å². The van der Waals surface area contributed by atoms with Gasteiger partial charge in [0.1, 0.15) is 5.78 Å².